The summed E-state index contributed by atoms with van der Waals surface area (Å²) in [6, 6.07) is -0.577. The topological polar surface area (TPSA) is 120 Å². The molecule has 8 heteroatoms. The smallest absolute Gasteiger partial charge is 0.315 e. The quantitative estimate of drug-likeness (QED) is 0.542. The second kappa shape index (κ2) is 7.34. The van der Waals surface area contributed by atoms with E-state index in [9.17, 15) is 9.59 Å². The number of carbonyl (C=O) groups is 2. The van der Waals surface area contributed by atoms with Gasteiger partial charge in [-0.2, -0.15) is 5.10 Å². The summed E-state index contributed by atoms with van der Waals surface area (Å²) in [4.78, 5) is 26.0. The van der Waals surface area contributed by atoms with Gasteiger partial charge in [0.15, 0.2) is 0 Å². The highest BCUT2D eigenvalue weighted by molar-refractivity contribution is 5.74. The minimum absolute atomic E-state index is 0.263. The fraction of sp³-hybridized carbons (Fsp3) is 0.636. The van der Waals surface area contributed by atoms with Crippen LogP contribution in [0.4, 0.5) is 4.79 Å². The minimum Gasteiger partial charge on any atom is -0.481 e. The Labute approximate surface area is 111 Å². The van der Waals surface area contributed by atoms with Gasteiger partial charge >= 0.3 is 12.0 Å². The number of nitrogens with one attached hydrogen (secondary N) is 3. The summed E-state index contributed by atoms with van der Waals surface area (Å²) in [6.45, 7) is 3.87. The molecule has 0 aromatic carbocycles. The molecule has 1 heterocycles. The summed E-state index contributed by atoms with van der Waals surface area (Å²) in [7, 11) is 0. The van der Waals surface area contributed by atoms with E-state index in [0.29, 0.717) is 25.2 Å². The molecule has 0 saturated heterocycles. The average Bonchev–Trinajstić information content (AvgIpc) is 2.87. The molecule has 0 fully saturated rings. The Morgan fingerprint density at radius 2 is 2.21 bits per heavy atom. The number of nitrogens with zero attached hydrogens (tertiary/aromatic N) is 2. The third-order valence-corrected chi connectivity index (χ3v) is 2.71. The van der Waals surface area contributed by atoms with Gasteiger partial charge in [0, 0.05) is 6.54 Å². The van der Waals surface area contributed by atoms with Crippen molar-refractivity contribution >= 4 is 12.0 Å². The fourth-order valence-electron chi connectivity index (χ4n) is 1.47. The van der Waals surface area contributed by atoms with Crippen molar-refractivity contribution in [1.29, 1.82) is 0 Å². The Morgan fingerprint density at radius 1 is 1.47 bits per heavy atom. The maximum Gasteiger partial charge on any atom is 0.315 e. The van der Waals surface area contributed by atoms with Crippen LogP contribution in [0.5, 0.6) is 0 Å². The van der Waals surface area contributed by atoms with E-state index >= 15 is 0 Å². The zero-order chi connectivity index (χ0) is 14.3. The molecule has 2 amide bonds. The van der Waals surface area contributed by atoms with Crippen molar-refractivity contribution in [1.82, 2.24) is 25.8 Å². The first kappa shape index (κ1) is 14.9. The van der Waals surface area contributed by atoms with E-state index < -0.39 is 11.9 Å². The predicted molar refractivity (Wildman–Crippen MR) is 67.4 cm³/mol. The number of aliphatic carboxylic acids is 1. The molecule has 0 spiro atoms. The molecule has 0 saturated carbocycles. The summed E-state index contributed by atoms with van der Waals surface area (Å²) in [5.74, 6) is -0.629. The largest absolute Gasteiger partial charge is 0.481 e. The molecule has 0 bridgehead atoms. The van der Waals surface area contributed by atoms with Crippen molar-refractivity contribution in [3.8, 4) is 0 Å². The molecule has 1 aromatic heterocycles. The van der Waals surface area contributed by atoms with Gasteiger partial charge in [0.1, 0.15) is 12.2 Å². The molecule has 1 aromatic rings. The summed E-state index contributed by atoms with van der Waals surface area (Å²) in [5, 5.41) is 20.4. The number of hydrogen-bond acceptors (Lipinski definition) is 4. The highest BCUT2D eigenvalue weighted by Crippen LogP contribution is 2.05. The Balaban J connectivity index is 2.16. The van der Waals surface area contributed by atoms with Crippen molar-refractivity contribution in [2.45, 2.75) is 32.7 Å². The van der Waals surface area contributed by atoms with Crippen LogP contribution in [0, 0.1) is 5.92 Å². The maximum atomic E-state index is 11.5. The molecule has 0 radical (unpaired) electrons. The monoisotopic (exact) mass is 269 g/mol. The van der Waals surface area contributed by atoms with Crippen molar-refractivity contribution < 1.29 is 14.7 Å². The van der Waals surface area contributed by atoms with Crippen LogP contribution in [0.3, 0.4) is 0 Å². The van der Waals surface area contributed by atoms with Crippen LogP contribution in [-0.2, 0) is 4.79 Å². The Kier molecular flexibility index (Phi) is 5.77. The third-order valence-electron chi connectivity index (χ3n) is 2.71. The zero-order valence-electron chi connectivity index (χ0n) is 11.0. The van der Waals surface area contributed by atoms with Gasteiger partial charge in [0.25, 0.3) is 0 Å². The lowest BCUT2D eigenvalue weighted by Gasteiger charge is -2.12. The summed E-state index contributed by atoms with van der Waals surface area (Å²) in [6.07, 6.45) is 2.53. The molecule has 0 aliphatic heterocycles. The highest BCUT2D eigenvalue weighted by Gasteiger charge is 2.12. The van der Waals surface area contributed by atoms with Gasteiger partial charge in [-0.1, -0.05) is 6.92 Å². The highest BCUT2D eigenvalue weighted by atomic mass is 16.4. The van der Waals surface area contributed by atoms with Crippen LogP contribution in [0.2, 0.25) is 0 Å². The van der Waals surface area contributed by atoms with Gasteiger partial charge in [-0.05, 0) is 19.8 Å². The summed E-state index contributed by atoms with van der Waals surface area (Å²) >= 11 is 0. The SMILES string of the molecule is CC(CCCNC(=O)NC(C)c1ncn[nH]1)C(=O)O. The number of carboxylic acid groups (broad SMARTS) is 1. The lowest BCUT2D eigenvalue weighted by Crippen LogP contribution is -2.38. The number of hydrogen-bond donors (Lipinski definition) is 4. The van der Waals surface area contributed by atoms with Crippen LogP contribution in [-0.4, -0.2) is 38.8 Å². The number of urea groups is 1. The van der Waals surface area contributed by atoms with Gasteiger partial charge in [0.2, 0.25) is 0 Å². The van der Waals surface area contributed by atoms with Gasteiger partial charge in [-0.25, -0.2) is 9.78 Å². The number of carbonyl (C=O) groups excluding carboxylic acids is 1. The van der Waals surface area contributed by atoms with Crippen molar-refractivity contribution in [3.63, 3.8) is 0 Å². The molecule has 0 aliphatic rings. The van der Waals surface area contributed by atoms with Crippen molar-refractivity contribution in [3.05, 3.63) is 12.2 Å². The Bertz CT molecular complexity index is 406. The van der Waals surface area contributed by atoms with Crippen LogP contribution in [0.15, 0.2) is 6.33 Å². The summed E-state index contributed by atoms with van der Waals surface area (Å²) < 4.78 is 0. The van der Waals surface area contributed by atoms with Gasteiger partial charge in [-0.15, -0.1) is 0 Å². The van der Waals surface area contributed by atoms with E-state index in [2.05, 4.69) is 25.8 Å². The molecular weight excluding hydrogens is 250 g/mol. The van der Waals surface area contributed by atoms with Gasteiger partial charge < -0.3 is 15.7 Å². The van der Waals surface area contributed by atoms with E-state index in [4.69, 9.17) is 5.11 Å². The van der Waals surface area contributed by atoms with Crippen LogP contribution in [0.1, 0.15) is 38.6 Å². The van der Waals surface area contributed by atoms with Gasteiger partial charge in [-0.3, -0.25) is 9.89 Å². The minimum atomic E-state index is -0.816. The standard InChI is InChI=1S/C11H19N5O3/c1-7(10(17)18)4-3-5-12-11(19)15-8(2)9-13-6-14-16-9/h6-8H,3-5H2,1-2H3,(H,17,18)(H2,12,15,19)(H,13,14,16). The Morgan fingerprint density at radius 3 is 2.79 bits per heavy atom. The average molecular weight is 269 g/mol. The fourth-order valence-corrected chi connectivity index (χ4v) is 1.47. The van der Waals surface area contributed by atoms with E-state index in [0.717, 1.165) is 0 Å². The number of aromatic amines is 1. The molecule has 2 atom stereocenters. The lowest BCUT2D eigenvalue weighted by molar-refractivity contribution is -0.141. The lowest BCUT2D eigenvalue weighted by atomic mass is 10.1. The normalized spacial score (nSPS) is 13.6. The van der Waals surface area contributed by atoms with E-state index in [1.54, 1.807) is 13.8 Å². The number of aromatic nitrogens is 3. The molecular formula is C11H19N5O3. The van der Waals surface area contributed by atoms with Crippen LogP contribution >= 0.6 is 0 Å². The summed E-state index contributed by atoms with van der Waals surface area (Å²) in [5.41, 5.74) is 0. The van der Waals surface area contributed by atoms with Crippen molar-refractivity contribution in [2.24, 2.45) is 5.92 Å². The first-order valence-corrected chi connectivity index (χ1v) is 6.13. The molecule has 0 aliphatic carbocycles. The molecule has 8 nitrogen and oxygen atoms in total. The predicted octanol–water partition coefficient (Wildman–Crippen LogP) is 0.666. The number of carboxylic acids is 1. The van der Waals surface area contributed by atoms with Crippen LogP contribution < -0.4 is 10.6 Å². The van der Waals surface area contributed by atoms with Gasteiger partial charge in [0.05, 0.1) is 12.0 Å². The first-order valence-electron chi connectivity index (χ1n) is 6.13. The van der Waals surface area contributed by atoms with Crippen LogP contribution in [0.25, 0.3) is 0 Å². The number of H-pyrrole nitrogens is 1. The molecule has 4 N–H and O–H groups in total. The third kappa shape index (κ3) is 5.36. The van der Waals surface area contributed by atoms with E-state index in [1.807, 2.05) is 0 Å². The molecule has 106 valence electrons. The maximum absolute atomic E-state index is 11.5. The van der Waals surface area contributed by atoms with Crippen molar-refractivity contribution in [2.75, 3.05) is 6.54 Å². The number of amides is 2. The second-order valence-corrected chi connectivity index (χ2v) is 4.37. The second-order valence-electron chi connectivity index (χ2n) is 4.37. The van der Waals surface area contributed by atoms with E-state index in [1.165, 1.54) is 6.33 Å². The number of rotatable bonds is 7. The zero-order valence-corrected chi connectivity index (χ0v) is 11.0. The Hall–Kier alpha value is -2.12. The van der Waals surface area contributed by atoms with E-state index in [-0.39, 0.29) is 12.1 Å². The molecule has 19 heavy (non-hydrogen) atoms. The molecule has 2 unspecified atom stereocenters. The molecule has 1 rings (SSSR count). The first-order chi connectivity index (χ1) is 9.00.